The Balaban J connectivity index is 1.08. The number of methoxy groups -OCH3 is 1. The zero-order chi connectivity index (χ0) is 31.7. The first-order valence-electron chi connectivity index (χ1n) is 15.3. The number of benzene rings is 3. The molecule has 0 spiro atoms. The third-order valence-corrected chi connectivity index (χ3v) is 12.6. The summed E-state index contributed by atoms with van der Waals surface area (Å²) in [6, 6.07) is 22.3. The van der Waals surface area contributed by atoms with Crippen LogP contribution in [-0.2, 0) is 14.4 Å². The van der Waals surface area contributed by atoms with Crippen LogP contribution in [0.3, 0.4) is 0 Å². The molecule has 234 valence electrons. The number of nitrogens with one attached hydrogen (secondary N) is 2. The SMILES string of the molecule is COc1ccc(N2C(=O)[C@H]3[C@H]4C[C@@H]([C@@H]3C2=O)[C@@H]2[C@H](c3cccc(OCC(=O)Nc5ccc(C)cc5)c3)c3sc(=O)[nH]c3S[C@H]42)cc1. The lowest BCUT2D eigenvalue weighted by atomic mass is 9.68. The topological polar surface area (TPSA) is 118 Å². The molecule has 2 N–H and O–H groups in total. The molecular weight excluding hydrogens is 623 g/mol. The van der Waals surface area contributed by atoms with Crippen molar-refractivity contribution in [1.29, 1.82) is 0 Å². The average molecular weight is 654 g/mol. The number of aromatic amines is 1. The summed E-state index contributed by atoms with van der Waals surface area (Å²) in [5.41, 5.74) is 3.34. The van der Waals surface area contributed by atoms with Crippen molar-refractivity contribution in [2.24, 2.45) is 29.6 Å². The molecule has 1 saturated heterocycles. The zero-order valence-corrected chi connectivity index (χ0v) is 26.7. The molecule has 1 aromatic heterocycles. The summed E-state index contributed by atoms with van der Waals surface area (Å²) in [6.07, 6.45) is 0.802. The van der Waals surface area contributed by atoms with Crippen molar-refractivity contribution in [3.05, 3.63) is 98.5 Å². The van der Waals surface area contributed by atoms with Crippen LogP contribution in [0.4, 0.5) is 11.4 Å². The van der Waals surface area contributed by atoms with Gasteiger partial charge in [-0.2, -0.15) is 0 Å². The Morgan fingerprint density at radius 3 is 2.43 bits per heavy atom. The quantitative estimate of drug-likeness (QED) is 0.255. The number of hydrogen-bond donors (Lipinski definition) is 2. The summed E-state index contributed by atoms with van der Waals surface area (Å²) in [5.74, 6) is -0.172. The normalized spacial score (nSPS) is 27.3. The molecule has 3 amide bonds. The van der Waals surface area contributed by atoms with E-state index in [4.69, 9.17) is 9.47 Å². The smallest absolute Gasteiger partial charge is 0.305 e. The number of H-pyrrole nitrogens is 1. The molecule has 9 nitrogen and oxygen atoms in total. The molecular formula is C35H31N3O6S2. The van der Waals surface area contributed by atoms with Crippen LogP contribution in [0.2, 0.25) is 0 Å². The van der Waals surface area contributed by atoms with Gasteiger partial charge in [-0.15, -0.1) is 11.8 Å². The number of thioether (sulfide) groups is 1. The van der Waals surface area contributed by atoms with E-state index in [9.17, 15) is 19.2 Å². The molecule has 2 saturated carbocycles. The second kappa shape index (κ2) is 11.2. The van der Waals surface area contributed by atoms with E-state index in [-0.39, 0.29) is 64.0 Å². The highest BCUT2D eigenvalue weighted by Gasteiger charge is 2.69. The summed E-state index contributed by atoms with van der Waals surface area (Å²) in [5, 5.41) is 3.78. The number of anilines is 2. The fourth-order valence-electron chi connectivity index (χ4n) is 8.16. The second-order valence-electron chi connectivity index (χ2n) is 12.4. The number of thiazole rings is 1. The largest absolute Gasteiger partial charge is 0.497 e. The van der Waals surface area contributed by atoms with Crippen LogP contribution in [0.5, 0.6) is 11.5 Å². The predicted octanol–water partition coefficient (Wildman–Crippen LogP) is 5.45. The Kier molecular flexibility index (Phi) is 7.06. The van der Waals surface area contributed by atoms with E-state index in [0.717, 1.165) is 27.5 Å². The second-order valence-corrected chi connectivity index (χ2v) is 14.6. The number of hydrogen-bond acceptors (Lipinski definition) is 8. The molecule has 4 aromatic rings. The number of aryl methyl sites for hydroxylation is 1. The van der Waals surface area contributed by atoms with Crippen molar-refractivity contribution in [2.75, 3.05) is 23.9 Å². The number of fused-ring (bicyclic) bond motifs is 9. The van der Waals surface area contributed by atoms with Crippen LogP contribution in [-0.4, -0.2) is 41.7 Å². The first-order chi connectivity index (χ1) is 22.3. The van der Waals surface area contributed by atoms with Gasteiger partial charge in [0.1, 0.15) is 11.5 Å². The van der Waals surface area contributed by atoms with E-state index in [1.54, 1.807) is 43.1 Å². The van der Waals surface area contributed by atoms with E-state index < -0.39 is 5.92 Å². The standard InChI is InChI=1S/C35H31N3O6S2/c1-17-6-8-19(9-7-17)36-25(39)16-44-22-5-3-4-18(14-22)26-27-23-15-24(30(27)45-32-31(26)46-35(42)37-32)29-28(23)33(40)38(34(29)41)20-10-12-21(43-2)13-11-20/h3-14,23-24,26-30H,15-16H2,1-2H3,(H,36,39)(H,37,42)/t23-,24-,26+,27-,28+,29+,30-/m1/s1. The van der Waals surface area contributed by atoms with Gasteiger partial charge in [0.05, 0.1) is 29.7 Å². The van der Waals surface area contributed by atoms with Crippen LogP contribution in [0.15, 0.2) is 82.6 Å². The molecule has 2 bridgehead atoms. The molecule has 11 heteroatoms. The summed E-state index contributed by atoms with van der Waals surface area (Å²) in [4.78, 5) is 58.4. The Hall–Kier alpha value is -4.35. The number of nitrogens with zero attached hydrogens (tertiary/aromatic N) is 1. The Labute approximate surface area is 273 Å². The van der Waals surface area contributed by atoms with Gasteiger partial charge in [-0.05, 0) is 85.2 Å². The van der Waals surface area contributed by atoms with Gasteiger partial charge in [-0.25, -0.2) is 0 Å². The predicted molar refractivity (Wildman–Crippen MR) is 176 cm³/mol. The van der Waals surface area contributed by atoms with Gasteiger partial charge in [0, 0.05) is 21.7 Å². The number of amides is 3. The third-order valence-electron chi connectivity index (χ3n) is 9.98. The molecule has 46 heavy (non-hydrogen) atoms. The summed E-state index contributed by atoms with van der Waals surface area (Å²) >= 11 is 2.87. The number of aromatic nitrogens is 1. The van der Waals surface area contributed by atoms with Gasteiger partial charge in [0.15, 0.2) is 6.61 Å². The first kappa shape index (κ1) is 29.1. The highest BCUT2D eigenvalue weighted by molar-refractivity contribution is 8.00. The molecule has 0 unspecified atom stereocenters. The molecule has 4 aliphatic rings. The molecule has 0 radical (unpaired) electrons. The maximum absolute atomic E-state index is 14.0. The zero-order valence-electron chi connectivity index (χ0n) is 25.1. The summed E-state index contributed by atoms with van der Waals surface area (Å²) in [7, 11) is 1.58. The maximum Gasteiger partial charge on any atom is 0.305 e. The first-order valence-corrected chi connectivity index (χ1v) is 17.0. The van der Waals surface area contributed by atoms with Crippen molar-refractivity contribution in [1.82, 2.24) is 4.98 Å². The van der Waals surface area contributed by atoms with Crippen LogP contribution in [0, 0.1) is 36.5 Å². The van der Waals surface area contributed by atoms with E-state index in [2.05, 4.69) is 10.3 Å². The van der Waals surface area contributed by atoms with E-state index in [1.165, 1.54) is 16.2 Å². The number of imide groups is 1. The third kappa shape index (κ3) is 4.67. The molecule has 8 rings (SSSR count). The van der Waals surface area contributed by atoms with E-state index in [1.807, 2.05) is 55.5 Å². The highest BCUT2D eigenvalue weighted by Crippen LogP contribution is 2.68. The van der Waals surface area contributed by atoms with Crippen LogP contribution >= 0.6 is 23.1 Å². The van der Waals surface area contributed by atoms with Crippen molar-refractivity contribution in [3.63, 3.8) is 0 Å². The number of carbonyl (C=O) groups excluding carboxylic acids is 3. The van der Waals surface area contributed by atoms with Crippen LogP contribution < -0.4 is 24.6 Å². The lowest BCUT2D eigenvalue weighted by Gasteiger charge is -2.43. The van der Waals surface area contributed by atoms with Gasteiger partial charge in [0.2, 0.25) is 11.8 Å². The molecule has 7 atom stereocenters. The van der Waals surface area contributed by atoms with Gasteiger partial charge in [0.25, 0.3) is 5.91 Å². The van der Waals surface area contributed by atoms with Gasteiger partial charge in [-0.3, -0.25) is 24.1 Å². The minimum Gasteiger partial charge on any atom is -0.497 e. The minimum atomic E-state index is -0.397. The maximum atomic E-state index is 14.0. The number of ether oxygens (including phenoxy) is 2. The fourth-order valence-corrected chi connectivity index (χ4v) is 11.0. The molecule has 3 aromatic carbocycles. The fraction of sp³-hybridized carbons (Fsp3) is 0.314. The van der Waals surface area contributed by atoms with Crippen molar-refractivity contribution in [3.8, 4) is 11.5 Å². The Morgan fingerprint density at radius 1 is 0.957 bits per heavy atom. The van der Waals surface area contributed by atoms with E-state index >= 15 is 0 Å². The lowest BCUT2D eigenvalue weighted by molar-refractivity contribution is -0.123. The molecule has 2 aliphatic heterocycles. The highest BCUT2D eigenvalue weighted by atomic mass is 32.2. The molecule has 3 heterocycles. The van der Waals surface area contributed by atoms with Crippen LogP contribution in [0.25, 0.3) is 0 Å². The molecule has 3 fully saturated rings. The van der Waals surface area contributed by atoms with Gasteiger partial charge < -0.3 is 19.8 Å². The number of carbonyl (C=O) groups is 3. The van der Waals surface area contributed by atoms with Crippen molar-refractivity contribution >= 4 is 52.2 Å². The van der Waals surface area contributed by atoms with Gasteiger partial charge in [-0.1, -0.05) is 41.2 Å². The lowest BCUT2D eigenvalue weighted by Crippen LogP contribution is -2.42. The van der Waals surface area contributed by atoms with Crippen LogP contribution in [0.1, 0.15) is 28.3 Å². The van der Waals surface area contributed by atoms with Crippen molar-refractivity contribution in [2.45, 2.75) is 29.5 Å². The Bertz CT molecular complexity index is 1920. The summed E-state index contributed by atoms with van der Waals surface area (Å²) < 4.78 is 11.2. The minimum absolute atomic E-state index is 0.00703. The molecule has 2 aliphatic carbocycles. The monoisotopic (exact) mass is 653 g/mol. The average Bonchev–Trinajstić information content (AvgIpc) is 3.80. The number of rotatable bonds is 7. The Morgan fingerprint density at radius 2 is 1.70 bits per heavy atom. The van der Waals surface area contributed by atoms with Crippen molar-refractivity contribution < 1.29 is 23.9 Å². The van der Waals surface area contributed by atoms with E-state index in [0.29, 0.717) is 22.9 Å². The van der Waals surface area contributed by atoms with Gasteiger partial charge >= 0.3 is 4.87 Å². The summed E-state index contributed by atoms with van der Waals surface area (Å²) in [6.45, 7) is 1.83.